The first-order valence-corrected chi connectivity index (χ1v) is 14.3. The number of Topliss-reactive ketones (excluding diaryl/α,β-unsaturated/α-hetero) is 2. The topological polar surface area (TPSA) is 131 Å². The van der Waals surface area contributed by atoms with Gasteiger partial charge in [-0.25, -0.2) is 0 Å². The number of thioether (sulfide) groups is 1. The number of carboxylic acid groups (broad SMARTS) is 1. The summed E-state index contributed by atoms with van der Waals surface area (Å²) in [6.07, 6.45) is 18.6. The Morgan fingerprint density at radius 3 is 1.77 bits per heavy atom. The van der Waals surface area contributed by atoms with E-state index < -0.39 is 5.97 Å². The van der Waals surface area contributed by atoms with Crippen molar-refractivity contribution in [1.29, 1.82) is 0 Å². The third-order valence-electron chi connectivity index (χ3n) is 5.38. The second kappa shape index (κ2) is 31.3. The number of rotatable bonds is 19. The van der Waals surface area contributed by atoms with Gasteiger partial charge < -0.3 is 5.11 Å². The standard InChI is InChI=1S/C26H35O4S2.3CO.Tc/c27-23(25-17-16-22(32-25)20-24(28)21-12-7-8-13-21)14-6-4-2-1-3-5-10-18-31-19-11-9-15-26(29)30;3*1-2;/h7-8,12-13,16-17H,1-6,9-11,14-15,18-20H2,(H,29,30);;;;/i;;;;1+1. The van der Waals surface area contributed by atoms with Gasteiger partial charge in [0.2, 0.25) is 0 Å². The van der Waals surface area contributed by atoms with Gasteiger partial charge in [0.05, 0.1) is 4.88 Å². The van der Waals surface area contributed by atoms with Gasteiger partial charge in [0.1, 0.15) is 5.78 Å². The molecule has 1 N–H and O–H groups in total. The summed E-state index contributed by atoms with van der Waals surface area (Å²) in [5, 5.41) is 8.59. The predicted molar refractivity (Wildman–Crippen MR) is 145 cm³/mol. The van der Waals surface area contributed by atoms with Crippen LogP contribution in [0, 0.1) is 51.6 Å². The molecule has 0 aliphatic heterocycles. The van der Waals surface area contributed by atoms with E-state index in [2.05, 4.69) is 20.0 Å². The van der Waals surface area contributed by atoms with Gasteiger partial charge in [-0.15, -0.1) is 11.3 Å². The van der Waals surface area contributed by atoms with E-state index in [0.29, 0.717) is 12.8 Å². The number of unbranched alkanes of at least 4 members (excludes halogenated alkanes) is 7. The molecule has 1 aliphatic carbocycles. The molecule has 0 amide bonds. The average molecular weight is 659 g/mol. The molecule has 7 nitrogen and oxygen atoms in total. The van der Waals surface area contributed by atoms with Gasteiger partial charge in [0.25, 0.3) is 0 Å². The molecule has 1 heterocycles. The van der Waals surface area contributed by atoms with Crippen LogP contribution in [0.2, 0.25) is 0 Å². The molecule has 10 heteroatoms. The Hall–Kier alpha value is -1.27. The van der Waals surface area contributed by atoms with E-state index in [4.69, 9.17) is 19.1 Å². The molecule has 2 rings (SSSR count). The Bertz CT molecular complexity index is 813. The van der Waals surface area contributed by atoms with Crippen LogP contribution in [0.3, 0.4) is 0 Å². The number of hydrogen-bond acceptors (Lipinski definition) is 5. The number of carbonyl (C=O) groups excluding carboxylic acids is 2. The van der Waals surface area contributed by atoms with Crippen molar-refractivity contribution in [2.75, 3.05) is 11.5 Å². The van der Waals surface area contributed by atoms with E-state index in [1.165, 1.54) is 49.2 Å². The molecular weight excluding hydrogens is 623 g/mol. The van der Waals surface area contributed by atoms with Gasteiger partial charge in [-0.2, -0.15) is 11.8 Å². The summed E-state index contributed by atoms with van der Waals surface area (Å²) in [5.74, 6) is 2.57. The second-order valence-corrected chi connectivity index (χ2v) is 10.5. The van der Waals surface area contributed by atoms with Crippen LogP contribution in [0.5, 0.6) is 0 Å². The summed E-state index contributed by atoms with van der Waals surface area (Å²) in [5.41, 5.74) is 0. The van der Waals surface area contributed by atoms with E-state index in [1.54, 1.807) is 0 Å². The molecular formula is C29H35O7S2Tc. The Morgan fingerprint density at radius 2 is 1.21 bits per heavy atom. The Labute approximate surface area is 255 Å². The fourth-order valence-electron chi connectivity index (χ4n) is 3.52. The first kappa shape index (κ1) is 42.2. The number of carbonyl (C=O) groups is 3. The van der Waals surface area contributed by atoms with Gasteiger partial charge in [-0.05, 0) is 75.0 Å². The average Bonchev–Trinajstić information content (AvgIpc) is 3.65. The van der Waals surface area contributed by atoms with Crippen LogP contribution in [0.1, 0.15) is 85.2 Å². The molecule has 0 bridgehead atoms. The van der Waals surface area contributed by atoms with Crippen molar-refractivity contribution in [3.8, 4) is 0 Å². The van der Waals surface area contributed by atoms with E-state index in [-0.39, 0.29) is 38.1 Å². The van der Waals surface area contributed by atoms with Gasteiger partial charge in [-0.3, -0.25) is 14.4 Å². The van der Waals surface area contributed by atoms with Crippen molar-refractivity contribution in [3.05, 3.63) is 73.4 Å². The molecule has 1 fully saturated rings. The minimum absolute atomic E-state index is 0. The predicted octanol–water partition coefficient (Wildman–Crippen LogP) is 6.44. The van der Waals surface area contributed by atoms with Crippen LogP contribution in [-0.4, -0.2) is 34.1 Å². The summed E-state index contributed by atoms with van der Waals surface area (Å²) in [4.78, 5) is 36.8. The first-order chi connectivity index (χ1) is 18.6. The van der Waals surface area contributed by atoms with Gasteiger partial charge in [0, 0.05) is 50.2 Å². The second-order valence-electron chi connectivity index (χ2n) is 8.15. The molecule has 1 saturated carbocycles. The van der Waals surface area contributed by atoms with Crippen LogP contribution < -0.4 is 0 Å². The molecule has 212 valence electrons. The molecule has 0 unspecified atom stereocenters. The third-order valence-corrected chi connectivity index (χ3v) is 7.66. The summed E-state index contributed by atoms with van der Waals surface area (Å²) in [6, 6.07) is 3.78. The zero-order valence-electron chi connectivity index (χ0n) is 22.0. The van der Waals surface area contributed by atoms with E-state index in [1.807, 2.05) is 49.6 Å². The van der Waals surface area contributed by atoms with Gasteiger partial charge >= 0.3 is 39.9 Å². The molecule has 0 saturated heterocycles. The summed E-state index contributed by atoms with van der Waals surface area (Å²) in [7, 11) is 0. The number of ketones is 2. The fourth-order valence-corrected chi connectivity index (χ4v) is 5.52. The zero-order chi connectivity index (χ0) is 29.0. The quantitative estimate of drug-likeness (QED) is 0.0791. The van der Waals surface area contributed by atoms with Crippen molar-refractivity contribution < 1.29 is 53.6 Å². The third kappa shape index (κ3) is 23.2. The normalized spacial score (nSPS) is 11.7. The van der Waals surface area contributed by atoms with Gasteiger partial charge in [0.15, 0.2) is 5.78 Å². The van der Waals surface area contributed by atoms with Gasteiger partial charge in [-0.1, -0.05) is 32.1 Å². The van der Waals surface area contributed by atoms with E-state index in [9.17, 15) is 14.4 Å². The minimum atomic E-state index is -0.696. The van der Waals surface area contributed by atoms with Crippen molar-refractivity contribution in [2.24, 2.45) is 0 Å². The van der Waals surface area contributed by atoms with Crippen molar-refractivity contribution >= 4 is 40.6 Å². The number of thiophene rings is 1. The van der Waals surface area contributed by atoms with Crippen LogP contribution in [0.4, 0.5) is 0 Å². The van der Waals surface area contributed by atoms with Crippen molar-refractivity contribution in [3.63, 3.8) is 0 Å². The molecule has 0 aromatic carbocycles. The molecule has 1 aliphatic rings. The molecule has 1 aromatic heterocycles. The number of aliphatic carboxylic acids is 1. The molecule has 0 atom stereocenters. The van der Waals surface area contributed by atoms with Crippen LogP contribution in [0.25, 0.3) is 0 Å². The van der Waals surface area contributed by atoms with E-state index in [0.717, 1.165) is 47.1 Å². The molecule has 6 radical (unpaired) electrons. The number of carboxylic acids is 1. The Kier molecular flexibility index (Phi) is 33.8. The Balaban J connectivity index is -0.00000173. The SMILES string of the molecule is O=C(O)CCCCSCCCCCCCCCC(=O)c1ccc(CC(=O)[C]2[CH][CH][CH][CH]2)s1.[99Tc].[C-]#[O+].[C-]#[O+].[C-]#[O+]. The van der Waals surface area contributed by atoms with E-state index >= 15 is 0 Å². The monoisotopic (exact) mass is 658 g/mol. The van der Waals surface area contributed by atoms with Crippen LogP contribution >= 0.6 is 23.1 Å². The number of hydrogen-bond donors (Lipinski definition) is 1. The zero-order valence-corrected chi connectivity index (χ0v) is 25.4. The maximum absolute atomic E-state index is 12.4. The van der Waals surface area contributed by atoms with Crippen LogP contribution in [0.15, 0.2) is 12.1 Å². The van der Waals surface area contributed by atoms with Crippen LogP contribution in [-0.2, 0) is 50.1 Å². The van der Waals surface area contributed by atoms with Crippen molar-refractivity contribution in [2.45, 2.75) is 77.0 Å². The Morgan fingerprint density at radius 1 is 0.718 bits per heavy atom. The molecule has 39 heavy (non-hydrogen) atoms. The maximum atomic E-state index is 12.4. The summed E-state index contributed by atoms with van der Waals surface area (Å²) < 4.78 is 22.5. The summed E-state index contributed by atoms with van der Waals surface area (Å²) >= 11 is 3.39. The summed E-state index contributed by atoms with van der Waals surface area (Å²) in [6.45, 7) is 13.5. The fraction of sp³-hybridized carbons (Fsp3) is 0.483. The molecule has 0 spiro atoms. The first-order valence-electron chi connectivity index (χ1n) is 12.3. The van der Waals surface area contributed by atoms with Crippen molar-refractivity contribution in [1.82, 2.24) is 0 Å². The molecule has 1 aromatic rings.